The number of likely N-dealkylation sites (tertiary alicyclic amines) is 1. The van der Waals surface area contributed by atoms with Crippen LogP contribution in [0.4, 0.5) is 0 Å². The highest BCUT2D eigenvalue weighted by molar-refractivity contribution is 5.73. The van der Waals surface area contributed by atoms with E-state index in [2.05, 4.69) is 17.1 Å². The van der Waals surface area contributed by atoms with Gasteiger partial charge in [-0.15, -0.1) is 0 Å². The summed E-state index contributed by atoms with van der Waals surface area (Å²) in [6, 6.07) is -0.431. The summed E-state index contributed by atoms with van der Waals surface area (Å²) in [5.41, 5.74) is 0. The van der Waals surface area contributed by atoms with Gasteiger partial charge in [-0.1, -0.05) is 12.1 Å². The molecule has 0 aromatic carbocycles. The molecule has 2 atom stereocenters. The van der Waals surface area contributed by atoms with E-state index in [1.807, 2.05) is 4.90 Å². The van der Waals surface area contributed by atoms with Crippen molar-refractivity contribution in [3.8, 4) is 0 Å². The van der Waals surface area contributed by atoms with Crippen LogP contribution in [0.1, 0.15) is 50.2 Å². The van der Waals surface area contributed by atoms with Crippen LogP contribution in [0.15, 0.2) is 4.52 Å². The molecule has 6 nitrogen and oxygen atoms in total. The van der Waals surface area contributed by atoms with Crippen LogP contribution in [0.3, 0.4) is 0 Å². The van der Waals surface area contributed by atoms with Crippen molar-refractivity contribution < 1.29 is 14.4 Å². The minimum atomic E-state index is -0.756. The molecule has 19 heavy (non-hydrogen) atoms. The second kappa shape index (κ2) is 4.92. The first-order valence-electron chi connectivity index (χ1n) is 6.93. The lowest BCUT2D eigenvalue weighted by atomic mass is 9.92. The van der Waals surface area contributed by atoms with Crippen molar-refractivity contribution in [2.75, 3.05) is 6.54 Å². The van der Waals surface area contributed by atoms with Gasteiger partial charge in [0.15, 0.2) is 5.82 Å². The third kappa shape index (κ3) is 2.78. The van der Waals surface area contributed by atoms with Gasteiger partial charge in [-0.3, -0.25) is 9.69 Å². The molecule has 1 aromatic rings. The Labute approximate surface area is 111 Å². The highest BCUT2D eigenvalue weighted by atomic mass is 16.5. The average Bonchev–Trinajstić information content (AvgIpc) is 3.12. The van der Waals surface area contributed by atoms with E-state index in [4.69, 9.17) is 4.52 Å². The number of carboxylic acids is 1. The van der Waals surface area contributed by atoms with Gasteiger partial charge in [-0.2, -0.15) is 4.98 Å². The molecule has 0 amide bonds. The quantitative estimate of drug-likeness (QED) is 0.891. The Kier molecular flexibility index (Phi) is 3.26. The van der Waals surface area contributed by atoms with Gasteiger partial charge in [0.05, 0.1) is 6.54 Å². The van der Waals surface area contributed by atoms with Crippen LogP contribution in [0.5, 0.6) is 0 Å². The SMILES string of the molecule is CC1CCN(Cc2nc(C3CC3)no2)C(C(=O)O)C1. The van der Waals surface area contributed by atoms with E-state index in [0.29, 0.717) is 30.7 Å². The summed E-state index contributed by atoms with van der Waals surface area (Å²) in [4.78, 5) is 17.6. The van der Waals surface area contributed by atoms with Gasteiger partial charge in [0.25, 0.3) is 0 Å². The van der Waals surface area contributed by atoms with Crippen molar-refractivity contribution in [1.29, 1.82) is 0 Å². The summed E-state index contributed by atoms with van der Waals surface area (Å²) in [6.07, 6.45) is 3.99. The maximum Gasteiger partial charge on any atom is 0.320 e. The van der Waals surface area contributed by atoms with Crippen molar-refractivity contribution in [3.05, 3.63) is 11.7 Å². The Balaban J connectivity index is 1.67. The molecule has 0 radical (unpaired) electrons. The zero-order chi connectivity index (χ0) is 13.4. The zero-order valence-corrected chi connectivity index (χ0v) is 11.1. The molecular formula is C13H19N3O3. The van der Waals surface area contributed by atoms with E-state index in [9.17, 15) is 9.90 Å². The molecule has 0 spiro atoms. The zero-order valence-electron chi connectivity index (χ0n) is 11.1. The van der Waals surface area contributed by atoms with Gasteiger partial charge in [-0.25, -0.2) is 0 Å². The monoisotopic (exact) mass is 265 g/mol. The number of aliphatic carboxylic acids is 1. The van der Waals surface area contributed by atoms with E-state index in [-0.39, 0.29) is 0 Å². The fourth-order valence-electron chi connectivity index (χ4n) is 2.65. The molecular weight excluding hydrogens is 246 g/mol. The Bertz CT molecular complexity index is 469. The Morgan fingerprint density at radius 2 is 2.26 bits per heavy atom. The smallest absolute Gasteiger partial charge is 0.320 e. The molecule has 1 saturated carbocycles. The van der Waals surface area contributed by atoms with Crippen LogP contribution in [0, 0.1) is 5.92 Å². The second-order valence-electron chi connectivity index (χ2n) is 5.77. The predicted molar refractivity (Wildman–Crippen MR) is 66.5 cm³/mol. The van der Waals surface area contributed by atoms with Crippen LogP contribution < -0.4 is 0 Å². The van der Waals surface area contributed by atoms with E-state index in [1.165, 1.54) is 0 Å². The van der Waals surface area contributed by atoms with Crippen molar-refractivity contribution in [1.82, 2.24) is 15.0 Å². The van der Waals surface area contributed by atoms with Gasteiger partial charge in [0.2, 0.25) is 5.89 Å². The molecule has 2 aliphatic rings. The average molecular weight is 265 g/mol. The Morgan fingerprint density at radius 3 is 2.95 bits per heavy atom. The Hall–Kier alpha value is -1.43. The van der Waals surface area contributed by atoms with Crippen LogP contribution in [-0.4, -0.2) is 38.7 Å². The molecule has 1 N–H and O–H groups in total. The number of carboxylic acid groups (broad SMARTS) is 1. The third-order valence-electron chi connectivity index (χ3n) is 4.03. The first-order valence-corrected chi connectivity index (χ1v) is 6.93. The minimum Gasteiger partial charge on any atom is -0.480 e. The lowest BCUT2D eigenvalue weighted by Crippen LogP contribution is -2.46. The topological polar surface area (TPSA) is 79.5 Å². The number of hydrogen-bond donors (Lipinski definition) is 1. The van der Waals surface area contributed by atoms with Crippen molar-refractivity contribution >= 4 is 5.97 Å². The number of carbonyl (C=O) groups is 1. The maximum absolute atomic E-state index is 11.3. The summed E-state index contributed by atoms with van der Waals surface area (Å²) in [7, 11) is 0. The molecule has 1 aliphatic carbocycles. The molecule has 104 valence electrons. The van der Waals surface area contributed by atoms with E-state index in [0.717, 1.165) is 31.6 Å². The van der Waals surface area contributed by atoms with Gasteiger partial charge >= 0.3 is 5.97 Å². The molecule has 1 aromatic heterocycles. The minimum absolute atomic E-state index is 0.431. The Morgan fingerprint density at radius 1 is 1.47 bits per heavy atom. The molecule has 1 aliphatic heterocycles. The summed E-state index contributed by atoms with van der Waals surface area (Å²) in [5, 5.41) is 13.3. The highest BCUT2D eigenvalue weighted by Gasteiger charge is 2.33. The van der Waals surface area contributed by atoms with Crippen LogP contribution in [0.25, 0.3) is 0 Å². The highest BCUT2D eigenvalue weighted by Crippen LogP contribution is 2.38. The molecule has 2 unspecified atom stereocenters. The maximum atomic E-state index is 11.3. The van der Waals surface area contributed by atoms with Gasteiger partial charge in [0, 0.05) is 5.92 Å². The molecule has 2 fully saturated rings. The largest absolute Gasteiger partial charge is 0.480 e. The lowest BCUT2D eigenvalue weighted by Gasteiger charge is -2.34. The fraction of sp³-hybridized carbons (Fsp3) is 0.769. The number of rotatable bonds is 4. The van der Waals surface area contributed by atoms with Crippen LogP contribution in [0.2, 0.25) is 0 Å². The van der Waals surface area contributed by atoms with Crippen molar-refractivity contribution in [2.24, 2.45) is 5.92 Å². The fourth-order valence-corrected chi connectivity index (χ4v) is 2.65. The second-order valence-corrected chi connectivity index (χ2v) is 5.77. The normalized spacial score (nSPS) is 28.5. The first-order chi connectivity index (χ1) is 9.13. The van der Waals surface area contributed by atoms with Crippen molar-refractivity contribution in [2.45, 2.75) is 51.1 Å². The molecule has 0 bridgehead atoms. The molecule has 6 heteroatoms. The van der Waals surface area contributed by atoms with E-state index >= 15 is 0 Å². The van der Waals surface area contributed by atoms with Crippen LogP contribution in [-0.2, 0) is 11.3 Å². The number of piperidine rings is 1. The third-order valence-corrected chi connectivity index (χ3v) is 4.03. The summed E-state index contributed by atoms with van der Waals surface area (Å²) >= 11 is 0. The molecule has 1 saturated heterocycles. The summed E-state index contributed by atoms with van der Waals surface area (Å²) < 4.78 is 5.23. The van der Waals surface area contributed by atoms with Gasteiger partial charge < -0.3 is 9.63 Å². The van der Waals surface area contributed by atoms with Crippen molar-refractivity contribution in [3.63, 3.8) is 0 Å². The summed E-state index contributed by atoms with van der Waals surface area (Å²) in [5.74, 6) is 1.50. The molecule has 2 heterocycles. The van der Waals surface area contributed by atoms with Gasteiger partial charge in [0.1, 0.15) is 6.04 Å². The van der Waals surface area contributed by atoms with Crippen LogP contribution >= 0.6 is 0 Å². The molecule has 3 rings (SSSR count). The predicted octanol–water partition coefficient (Wildman–Crippen LogP) is 1.63. The summed E-state index contributed by atoms with van der Waals surface area (Å²) in [6.45, 7) is 3.33. The number of nitrogens with zero attached hydrogens (tertiary/aromatic N) is 3. The van der Waals surface area contributed by atoms with Gasteiger partial charge in [-0.05, 0) is 38.1 Å². The first kappa shape index (κ1) is 12.6. The number of aromatic nitrogens is 2. The van der Waals surface area contributed by atoms with E-state index in [1.54, 1.807) is 0 Å². The van der Waals surface area contributed by atoms with E-state index < -0.39 is 12.0 Å². The standard InChI is InChI=1S/C13H19N3O3/c1-8-4-5-16(10(6-8)13(17)18)7-11-14-12(15-19-11)9-2-3-9/h8-10H,2-7H2,1H3,(H,17,18). The number of hydrogen-bond acceptors (Lipinski definition) is 5. The lowest BCUT2D eigenvalue weighted by molar-refractivity contribution is -0.145.